The average Bonchev–Trinajstić information content (AvgIpc) is 3.62. The van der Waals surface area contributed by atoms with Crippen LogP contribution in [-0.4, -0.2) is 0 Å². The predicted octanol–water partition coefficient (Wildman–Crippen LogP) is 14.4. The van der Waals surface area contributed by atoms with Gasteiger partial charge in [0.25, 0.3) is 0 Å². The van der Waals surface area contributed by atoms with Crippen LogP contribution in [0.2, 0.25) is 0 Å². The van der Waals surface area contributed by atoms with Crippen LogP contribution in [0.15, 0.2) is 205 Å². The quantitative estimate of drug-likeness (QED) is 0.165. The summed E-state index contributed by atoms with van der Waals surface area (Å²) < 4.78 is 6.79. The maximum absolute atomic E-state index is 6.79. The molecule has 10 aromatic rings. The van der Waals surface area contributed by atoms with E-state index in [1.165, 1.54) is 32.7 Å². The number of para-hydroxylation sites is 1. The van der Waals surface area contributed by atoms with E-state index >= 15 is 0 Å². The van der Waals surface area contributed by atoms with Crippen molar-refractivity contribution in [3.63, 3.8) is 0 Å². The van der Waals surface area contributed by atoms with E-state index in [0.717, 1.165) is 61.3 Å². The highest BCUT2D eigenvalue weighted by Crippen LogP contribution is 2.49. The first-order valence-electron chi connectivity index (χ1n) is 17.8. The fourth-order valence-electron chi connectivity index (χ4n) is 7.77. The van der Waals surface area contributed by atoms with Crippen LogP contribution in [-0.2, 0) is 0 Å². The van der Waals surface area contributed by atoms with E-state index in [9.17, 15) is 0 Å². The van der Waals surface area contributed by atoms with Gasteiger partial charge in [-0.05, 0) is 86.3 Å². The summed E-state index contributed by atoms with van der Waals surface area (Å²) >= 11 is 0. The summed E-state index contributed by atoms with van der Waals surface area (Å²) in [4.78, 5) is 2.44. The highest BCUT2D eigenvalue weighted by molar-refractivity contribution is 6.18. The molecular formula is C50H33NO. The second kappa shape index (κ2) is 12.5. The zero-order valence-corrected chi connectivity index (χ0v) is 28.4. The molecule has 52 heavy (non-hydrogen) atoms. The first kappa shape index (κ1) is 30.0. The summed E-state index contributed by atoms with van der Waals surface area (Å²) in [6.07, 6.45) is 0. The van der Waals surface area contributed by atoms with Crippen LogP contribution in [0.3, 0.4) is 0 Å². The minimum Gasteiger partial charge on any atom is -0.455 e. The van der Waals surface area contributed by atoms with Gasteiger partial charge in [-0.2, -0.15) is 0 Å². The first-order valence-corrected chi connectivity index (χ1v) is 17.8. The fraction of sp³-hybridized carbons (Fsp3) is 0. The fourth-order valence-corrected chi connectivity index (χ4v) is 7.77. The van der Waals surface area contributed by atoms with Gasteiger partial charge in [-0.3, -0.25) is 0 Å². The van der Waals surface area contributed by atoms with Crippen molar-refractivity contribution < 1.29 is 4.42 Å². The van der Waals surface area contributed by atoms with Gasteiger partial charge in [0.2, 0.25) is 0 Å². The lowest BCUT2D eigenvalue weighted by Crippen LogP contribution is -2.12. The molecule has 10 rings (SSSR count). The van der Waals surface area contributed by atoms with Gasteiger partial charge in [0.1, 0.15) is 11.2 Å². The Bertz CT molecular complexity index is 2890. The summed E-state index contributed by atoms with van der Waals surface area (Å²) in [7, 11) is 0. The van der Waals surface area contributed by atoms with Gasteiger partial charge in [-0.15, -0.1) is 0 Å². The van der Waals surface area contributed by atoms with Gasteiger partial charge in [0.15, 0.2) is 0 Å². The highest BCUT2D eigenvalue weighted by Gasteiger charge is 2.24. The second-order valence-electron chi connectivity index (χ2n) is 13.3. The summed E-state index contributed by atoms with van der Waals surface area (Å²) in [5.41, 5.74) is 11.8. The van der Waals surface area contributed by atoms with Crippen LogP contribution in [0, 0.1) is 0 Å². The van der Waals surface area contributed by atoms with Crippen LogP contribution >= 0.6 is 0 Å². The molecule has 0 radical (unpaired) electrons. The molecule has 0 bridgehead atoms. The zero-order chi connectivity index (χ0) is 34.4. The van der Waals surface area contributed by atoms with Crippen molar-refractivity contribution in [3.05, 3.63) is 200 Å². The Hall–Kier alpha value is -6.90. The number of fused-ring (bicyclic) bond motifs is 6. The van der Waals surface area contributed by atoms with Crippen LogP contribution < -0.4 is 4.90 Å². The summed E-state index contributed by atoms with van der Waals surface area (Å²) in [6.45, 7) is 0. The molecule has 0 spiro atoms. The van der Waals surface area contributed by atoms with Gasteiger partial charge in [0, 0.05) is 22.2 Å². The topological polar surface area (TPSA) is 16.4 Å². The smallest absolute Gasteiger partial charge is 0.145 e. The molecule has 2 nitrogen and oxygen atoms in total. The maximum atomic E-state index is 6.79. The highest BCUT2D eigenvalue weighted by atomic mass is 16.3. The third-order valence-corrected chi connectivity index (χ3v) is 10.2. The molecule has 2 heteroatoms. The molecule has 1 heterocycles. The SMILES string of the molecule is c1ccc(-c2ccc(N(c3ccc4ccc5ccccc5c4c3)c3ccc(-c4ccccc4)c4oc5ccccc5c34)c(-c3ccccc3)c2)cc1. The lowest BCUT2D eigenvalue weighted by molar-refractivity contribution is 0.670. The van der Waals surface area contributed by atoms with Crippen LogP contribution in [0.1, 0.15) is 0 Å². The molecule has 0 saturated heterocycles. The van der Waals surface area contributed by atoms with E-state index in [-0.39, 0.29) is 0 Å². The number of benzene rings is 9. The first-order chi connectivity index (χ1) is 25.8. The predicted molar refractivity (Wildman–Crippen MR) is 220 cm³/mol. The van der Waals surface area contributed by atoms with Crippen LogP contribution in [0.4, 0.5) is 17.1 Å². The Morgan fingerprint density at radius 2 is 0.923 bits per heavy atom. The van der Waals surface area contributed by atoms with Crippen molar-refractivity contribution >= 4 is 60.5 Å². The van der Waals surface area contributed by atoms with Gasteiger partial charge < -0.3 is 9.32 Å². The minimum atomic E-state index is 0.870. The molecule has 9 aromatic carbocycles. The molecule has 0 saturated carbocycles. The van der Waals surface area contributed by atoms with Crippen LogP contribution in [0.5, 0.6) is 0 Å². The monoisotopic (exact) mass is 663 g/mol. The Kier molecular flexibility index (Phi) is 7.18. The Balaban J connectivity index is 1.32. The molecule has 0 N–H and O–H groups in total. The van der Waals surface area contributed by atoms with Crippen molar-refractivity contribution in [2.45, 2.75) is 0 Å². The lowest BCUT2D eigenvalue weighted by atomic mass is 9.95. The number of anilines is 3. The Morgan fingerprint density at radius 3 is 1.67 bits per heavy atom. The van der Waals surface area contributed by atoms with Crippen molar-refractivity contribution in [3.8, 4) is 33.4 Å². The van der Waals surface area contributed by atoms with Crippen molar-refractivity contribution in [2.24, 2.45) is 0 Å². The molecule has 0 aliphatic carbocycles. The van der Waals surface area contributed by atoms with Gasteiger partial charge in [-0.25, -0.2) is 0 Å². The van der Waals surface area contributed by atoms with E-state index in [1.54, 1.807) is 0 Å². The number of nitrogens with zero attached hydrogens (tertiary/aromatic N) is 1. The molecule has 0 aliphatic rings. The molecule has 0 fully saturated rings. The molecular weight excluding hydrogens is 631 g/mol. The van der Waals surface area contributed by atoms with Crippen LogP contribution in [0.25, 0.3) is 76.9 Å². The number of hydrogen-bond donors (Lipinski definition) is 0. The maximum Gasteiger partial charge on any atom is 0.145 e. The minimum absolute atomic E-state index is 0.870. The second-order valence-corrected chi connectivity index (χ2v) is 13.3. The average molecular weight is 664 g/mol. The third kappa shape index (κ3) is 5.04. The van der Waals surface area contributed by atoms with E-state index in [4.69, 9.17) is 4.42 Å². The van der Waals surface area contributed by atoms with E-state index in [1.807, 2.05) is 0 Å². The number of hydrogen-bond acceptors (Lipinski definition) is 2. The number of rotatable bonds is 6. The molecule has 0 atom stereocenters. The largest absolute Gasteiger partial charge is 0.455 e. The summed E-state index contributed by atoms with van der Waals surface area (Å²) in [5.74, 6) is 0. The molecule has 0 amide bonds. The zero-order valence-electron chi connectivity index (χ0n) is 28.4. The Labute approximate surface area is 302 Å². The van der Waals surface area contributed by atoms with E-state index < -0.39 is 0 Å². The molecule has 0 aliphatic heterocycles. The third-order valence-electron chi connectivity index (χ3n) is 10.2. The van der Waals surface area contributed by atoms with Crippen molar-refractivity contribution in [1.82, 2.24) is 0 Å². The summed E-state index contributed by atoms with van der Waals surface area (Å²) in [6, 6.07) is 71.7. The lowest BCUT2D eigenvalue weighted by Gasteiger charge is -2.29. The standard InChI is InChI=1S/C50H33NO/c1-4-14-34(15-5-1)39-27-30-46(45(32-39)36-18-8-3-9-19-36)51(40-28-26-38-25-24-37-20-10-11-21-41(37)44(38)33-40)47-31-29-42(35-16-6-2-7-17-35)50-49(47)43-22-12-13-23-48(43)52-50/h1-33H. The molecule has 0 unspecified atom stereocenters. The van der Waals surface area contributed by atoms with Crippen molar-refractivity contribution in [2.75, 3.05) is 4.90 Å². The van der Waals surface area contributed by atoms with Gasteiger partial charge in [0.05, 0.1) is 16.8 Å². The van der Waals surface area contributed by atoms with E-state index in [0.29, 0.717) is 0 Å². The molecule has 1 aromatic heterocycles. The normalized spacial score (nSPS) is 11.5. The Morgan fingerprint density at radius 1 is 0.346 bits per heavy atom. The van der Waals surface area contributed by atoms with Crippen molar-refractivity contribution in [1.29, 1.82) is 0 Å². The van der Waals surface area contributed by atoms with Gasteiger partial charge in [-0.1, -0.05) is 158 Å². The van der Waals surface area contributed by atoms with E-state index in [2.05, 4.69) is 205 Å². The molecule has 244 valence electrons. The summed E-state index contributed by atoms with van der Waals surface area (Å²) in [5, 5.41) is 7.07. The number of furan rings is 1. The van der Waals surface area contributed by atoms with Gasteiger partial charge >= 0.3 is 0 Å².